The normalized spacial score (nSPS) is 25.1. The van der Waals surface area contributed by atoms with Crippen molar-refractivity contribution >= 4 is 5.97 Å². The van der Waals surface area contributed by atoms with E-state index in [2.05, 4.69) is 9.78 Å². The van der Waals surface area contributed by atoms with E-state index in [1.807, 2.05) is 17.2 Å². The Bertz CT molecular complexity index is 468. The second-order valence-corrected chi connectivity index (χ2v) is 5.62. The Balaban J connectivity index is 1.65. The number of hydrogen-bond donors (Lipinski definition) is 1. The van der Waals surface area contributed by atoms with Crippen LogP contribution in [0, 0.1) is 0 Å². The predicted octanol–water partition coefficient (Wildman–Crippen LogP) is 1.28. The van der Waals surface area contributed by atoms with Crippen molar-refractivity contribution in [3.05, 3.63) is 18.0 Å². The van der Waals surface area contributed by atoms with Crippen LogP contribution in [0.15, 0.2) is 12.3 Å². The van der Waals surface area contributed by atoms with Crippen LogP contribution in [0.5, 0.6) is 0 Å². The molecule has 1 saturated heterocycles. The van der Waals surface area contributed by atoms with E-state index in [0.29, 0.717) is 25.7 Å². The fourth-order valence-corrected chi connectivity index (χ4v) is 3.10. The standard InChI is InChI=1S/C14H21N3O3/c18-14(19)13-10-20-8-7-16(13)9-11-5-6-17(15-11)12-3-1-2-4-12/h5-6,12-13H,1-4,7-10H2,(H,18,19). The molecular weight excluding hydrogens is 258 g/mol. The Labute approximate surface area is 118 Å². The molecule has 1 N–H and O–H groups in total. The first-order chi connectivity index (χ1) is 9.74. The molecule has 6 heteroatoms. The van der Waals surface area contributed by atoms with Gasteiger partial charge in [-0.1, -0.05) is 12.8 Å². The lowest BCUT2D eigenvalue weighted by Crippen LogP contribution is -2.49. The van der Waals surface area contributed by atoms with Crippen LogP contribution in [0.2, 0.25) is 0 Å². The monoisotopic (exact) mass is 279 g/mol. The highest BCUT2D eigenvalue weighted by Gasteiger charge is 2.29. The van der Waals surface area contributed by atoms with Gasteiger partial charge in [0.15, 0.2) is 0 Å². The lowest BCUT2D eigenvalue weighted by atomic mass is 10.2. The first kappa shape index (κ1) is 13.6. The lowest BCUT2D eigenvalue weighted by Gasteiger charge is -2.32. The molecule has 2 heterocycles. The summed E-state index contributed by atoms with van der Waals surface area (Å²) in [6.07, 6.45) is 7.00. The van der Waals surface area contributed by atoms with Gasteiger partial charge in [0.05, 0.1) is 24.9 Å². The quantitative estimate of drug-likeness (QED) is 0.899. The Kier molecular flexibility index (Phi) is 4.03. The van der Waals surface area contributed by atoms with Crippen molar-refractivity contribution in [3.8, 4) is 0 Å². The van der Waals surface area contributed by atoms with E-state index in [1.165, 1.54) is 25.7 Å². The topological polar surface area (TPSA) is 67.6 Å². The molecule has 2 fully saturated rings. The van der Waals surface area contributed by atoms with Gasteiger partial charge in [-0.3, -0.25) is 14.4 Å². The maximum atomic E-state index is 11.2. The summed E-state index contributed by atoms with van der Waals surface area (Å²) in [6, 6.07) is 1.98. The molecule has 1 saturated carbocycles. The molecule has 110 valence electrons. The maximum absolute atomic E-state index is 11.2. The molecule has 0 amide bonds. The number of carboxylic acid groups (broad SMARTS) is 1. The molecule has 6 nitrogen and oxygen atoms in total. The molecule has 0 radical (unpaired) electrons. The molecule has 0 bridgehead atoms. The number of aliphatic carboxylic acids is 1. The van der Waals surface area contributed by atoms with Crippen molar-refractivity contribution in [3.63, 3.8) is 0 Å². The zero-order chi connectivity index (χ0) is 13.9. The second kappa shape index (κ2) is 5.93. The zero-order valence-corrected chi connectivity index (χ0v) is 11.6. The molecular formula is C14H21N3O3. The fraction of sp³-hybridized carbons (Fsp3) is 0.714. The summed E-state index contributed by atoms with van der Waals surface area (Å²) in [5.41, 5.74) is 0.949. The minimum atomic E-state index is -0.820. The van der Waals surface area contributed by atoms with Gasteiger partial charge < -0.3 is 9.84 Å². The second-order valence-electron chi connectivity index (χ2n) is 5.62. The highest BCUT2D eigenvalue weighted by atomic mass is 16.5. The Morgan fingerprint density at radius 1 is 1.45 bits per heavy atom. The SMILES string of the molecule is O=C(O)C1COCCN1Cc1ccn(C2CCCC2)n1. The first-order valence-corrected chi connectivity index (χ1v) is 7.32. The van der Waals surface area contributed by atoms with Crippen molar-refractivity contribution in [2.75, 3.05) is 19.8 Å². The van der Waals surface area contributed by atoms with Gasteiger partial charge in [-0.2, -0.15) is 5.10 Å². The van der Waals surface area contributed by atoms with Crippen LogP contribution in [-0.4, -0.2) is 51.6 Å². The Morgan fingerprint density at radius 2 is 2.25 bits per heavy atom. The summed E-state index contributed by atoms with van der Waals surface area (Å²) < 4.78 is 7.30. The minimum absolute atomic E-state index is 0.263. The molecule has 1 aliphatic carbocycles. The van der Waals surface area contributed by atoms with E-state index in [9.17, 15) is 9.90 Å². The minimum Gasteiger partial charge on any atom is -0.480 e. The maximum Gasteiger partial charge on any atom is 0.323 e. The van der Waals surface area contributed by atoms with E-state index in [0.717, 1.165) is 5.69 Å². The third-order valence-electron chi connectivity index (χ3n) is 4.25. The largest absolute Gasteiger partial charge is 0.480 e. The highest BCUT2D eigenvalue weighted by molar-refractivity contribution is 5.73. The van der Waals surface area contributed by atoms with E-state index in [-0.39, 0.29) is 6.61 Å². The third kappa shape index (κ3) is 2.86. The number of carbonyl (C=O) groups is 1. The van der Waals surface area contributed by atoms with Gasteiger partial charge in [0.25, 0.3) is 0 Å². The highest BCUT2D eigenvalue weighted by Crippen LogP contribution is 2.28. The van der Waals surface area contributed by atoms with Crippen molar-refractivity contribution < 1.29 is 14.6 Å². The summed E-state index contributed by atoms with van der Waals surface area (Å²) in [5, 5.41) is 13.8. The third-order valence-corrected chi connectivity index (χ3v) is 4.25. The predicted molar refractivity (Wildman–Crippen MR) is 72.4 cm³/mol. The zero-order valence-electron chi connectivity index (χ0n) is 11.6. The van der Waals surface area contributed by atoms with Crippen LogP contribution in [-0.2, 0) is 16.1 Å². The number of nitrogens with zero attached hydrogens (tertiary/aromatic N) is 3. The van der Waals surface area contributed by atoms with Crippen LogP contribution < -0.4 is 0 Å². The van der Waals surface area contributed by atoms with E-state index in [4.69, 9.17) is 4.74 Å². The van der Waals surface area contributed by atoms with Gasteiger partial charge in [-0.25, -0.2) is 0 Å². The number of rotatable bonds is 4. The summed E-state index contributed by atoms with van der Waals surface area (Å²) in [7, 11) is 0. The van der Waals surface area contributed by atoms with Gasteiger partial charge in [0.1, 0.15) is 6.04 Å². The fourth-order valence-electron chi connectivity index (χ4n) is 3.10. The van der Waals surface area contributed by atoms with Crippen molar-refractivity contribution in [2.24, 2.45) is 0 Å². The van der Waals surface area contributed by atoms with E-state index < -0.39 is 12.0 Å². The molecule has 0 aromatic carbocycles. The molecule has 2 aliphatic rings. The van der Waals surface area contributed by atoms with Crippen LogP contribution in [0.3, 0.4) is 0 Å². The van der Waals surface area contributed by atoms with Crippen LogP contribution in [0.25, 0.3) is 0 Å². The van der Waals surface area contributed by atoms with E-state index in [1.54, 1.807) is 0 Å². The van der Waals surface area contributed by atoms with Gasteiger partial charge in [-0.05, 0) is 18.9 Å². The molecule has 3 rings (SSSR count). The molecule has 1 aliphatic heterocycles. The molecule has 1 aromatic heterocycles. The Morgan fingerprint density at radius 3 is 3.00 bits per heavy atom. The molecule has 1 unspecified atom stereocenters. The summed E-state index contributed by atoms with van der Waals surface area (Å²) in [4.78, 5) is 13.2. The Hall–Kier alpha value is -1.40. The first-order valence-electron chi connectivity index (χ1n) is 7.32. The van der Waals surface area contributed by atoms with Crippen molar-refractivity contribution in [2.45, 2.75) is 44.3 Å². The molecule has 0 spiro atoms. The number of aromatic nitrogens is 2. The van der Waals surface area contributed by atoms with Crippen LogP contribution in [0.4, 0.5) is 0 Å². The number of ether oxygens (including phenoxy) is 1. The number of carboxylic acids is 1. The van der Waals surface area contributed by atoms with Gasteiger partial charge in [0.2, 0.25) is 0 Å². The van der Waals surface area contributed by atoms with Gasteiger partial charge >= 0.3 is 5.97 Å². The summed E-state index contributed by atoms with van der Waals surface area (Å²) >= 11 is 0. The smallest absolute Gasteiger partial charge is 0.323 e. The van der Waals surface area contributed by atoms with Crippen LogP contribution in [0.1, 0.15) is 37.4 Å². The van der Waals surface area contributed by atoms with Crippen molar-refractivity contribution in [1.29, 1.82) is 0 Å². The molecule has 1 atom stereocenters. The van der Waals surface area contributed by atoms with Gasteiger partial charge in [0, 0.05) is 19.3 Å². The molecule has 1 aromatic rings. The lowest BCUT2D eigenvalue weighted by molar-refractivity contribution is -0.150. The summed E-state index contributed by atoms with van der Waals surface area (Å²) in [6.45, 7) is 2.08. The number of morpholine rings is 1. The van der Waals surface area contributed by atoms with Gasteiger partial charge in [-0.15, -0.1) is 0 Å². The average molecular weight is 279 g/mol. The average Bonchev–Trinajstić information content (AvgIpc) is 3.09. The number of hydrogen-bond acceptors (Lipinski definition) is 4. The van der Waals surface area contributed by atoms with E-state index >= 15 is 0 Å². The molecule has 20 heavy (non-hydrogen) atoms. The summed E-state index contributed by atoms with van der Waals surface area (Å²) in [5.74, 6) is -0.820. The van der Waals surface area contributed by atoms with Crippen molar-refractivity contribution in [1.82, 2.24) is 14.7 Å². The van der Waals surface area contributed by atoms with Crippen LogP contribution >= 0.6 is 0 Å².